The Bertz CT molecular complexity index is 880. The van der Waals surface area contributed by atoms with Crippen LogP contribution >= 0.6 is 0 Å². The van der Waals surface area contributed by atoms with E-state index in [2.05, 4.69) is 29.7 Å². The highest BCUT2D eigenvalue weighted by Gasteiger charge is 2.21. The molecular formula is C17H17FN6O. The number of ether oxygens (including phenoxy) is 1. The fourth-order valence-corrected chi connectivity index (χ4v) is 2.96. The smallest absolute Gasteiger partial charge is 0.225 e. The molecule has 128 valence electrons. The third-order valence-electron chi connectivity index (χ3n) is 4.29. The highest BCUT2D eigenvalue weighted by atomic mass is 19.1. The van der Waals surface area contributed by atoms with Crippen molar-refractivity contribution in [3.05, 3.63) is 42.7 Å². The van der Waals surface area contributed by atoms with Crippen LogP contribution in [0.15, 0.2) is 36.9 Å². The Morgan fingerprint density at radius 2 is 1.68 bits per heavy atom. The molecule has 1 aliphatic heterocycles. The van der Waals surface area contributed by atoms with Gasteiger partial charge in [0.2, 0.25) is 5.95 Å². The van der Waals surface area contributed by atoms with Crippen LogP contribution in [0.5, 0.6) is 5.75 Å². The second kappa shape index (κ2) is 6.46. The quantitative estimate of drug-likeness (QED) is 0.721. The minimum atomic E-state index is -0.284. The Morgan fingerprint density at radius 1 is 0.960 bits per heavy atom. The lowest BCUT2D eigenvalue weighted by atomic mass is 10.2. The molecule has 1 fully saturated rings. The number of aromatic nitrogens is 4. The lowest BCUT2D eigenvalue weighted by Gasteiger charge is -2.35. The first-order chi connectivity index (χ1) is 12.2. The number of methoxy groups -OCH3 is 1. The third-order valence-corrected chi connectivity index (χ3v) is 4.29. The molecule has 0 atom stereocenters. The standard InChI is InChI=1S/C17H17FN6O/c1-25-13-9-19-17(20-10-13)24-6-4-23(5-7-24)16-14-8-12(18)2-3-15(14)21-11-22-16/h2-3,8-11H,4-7H2,1H3. The Hall–Kier alpha value is -3.03. The topological polar surface area (TPSA) is 67.3 Å². The number of halogens is 1. The first-order valence-electron chi connectivity index (χ1n) is 8.01. The maximum absolute atomic E-state index is 13.6. The van der Waals surface area contributed by atoms with Gasteiger partial charge in [0.25, 0.3) is 0 Å². The lowest BCUT2D eigenvalue weighted by molar-refractivity contribution is 0.410. The minimum Gasteiger partial charge on any atom is -0.494 e. The molecule has 1 saturated heterocycles. The van der Waals surface area contributed by atoms with Crippen molar-refractivity contribution in [2.24, 2.45) is 0 Å². The van der Waals surface area contributed by atoms with Gasteiger partial charge in [-0.3, -0.25) is 0 Å². The Balaban J connectivity index is 1.53. The Labute approximate surface area is 144 Å². The van der Waals surface area contributed by atoms with Gasteiger partial charge < -0.3 is 14.5 Å². The molecule has 25 heavy (non-hydrogen) atoms. The van der Waals surface area contributed by atoms with Gasteiger partial charge in [-0.1, -0.05) is 0 Å². The van der Waals surface area contributed by atoms with E-state index < -0.39 is 0 Å². The number of anilines is 2. The summed E-state index contributed by atoms with van der Waals surface area (Å²) in [6.45, 7) is 3.01. The van der Waals surface area contributed by atoms with Crippen LogP contribution < -0.4 is 14.5 Å². The number of hydrogen-bond donors (Lipinski definition) is 0. The van der Waals surface area contributed by atoms with Gasteiger partial charge in [-0.15, -0.1) is 0 Å². The van der Waals surface area contributed by atoms with Crippen LogP contribution in [0.2, 0.25) is 0 Å². The molecule has 0 spiro atoms. The van der Waals surface area contributed by atoms with E-state index in [1.54, 1.807) is 25.6 Å². The Morgan fingerprint density at radius 3 is 2.40 bits per heavy atom. The normalized spacial score (nSPS) is 14.8. The molecule has 0 radical (unpaired) electrons. The predicted molar refractivity (Wildman–Crippen MR) is 92.5 cm³/mol. The summed E-state index contributed by atoms with van der Waals surface area (Å²) in [7, 11) is 1.59. The van der Waals surface area contributed by atoms with Crippen molar-refractivity contribution < 1.29 is 9.13 Å². The summed E-state index contributed by atoms with van der Waals surface area (Å²) in [5.41, 5.74) is 0.743. The van der Waals surface area contributed by atoms with E-state index in [1.165, 1.54) is 18.5 Å². The van der Waals surface area contributed by atoms with E-state index in [0.29, 0.717) is 11.7 Å². The SMILES string of the molecule is COc1cnc(N2CCN(c3ncnc4ccc(F)cc34)CC2)nc1. The van der Waals surface area contributed by atoms with Gasteiger partial charge in [0.05, 0.1) is 25.0 Å². The summed E-state index contributed by atoms with van der Waals surface area (Å²) < 4.78 is 18.7. The highest BCUT2D eigenvalue weighted by molar-refractivity contribution is 5.89. The van der Waals surface area contributed by atoms with E-state index in [0.717, 1.165) is 42.9 Å². The summed E-state index contributed by atoms with van der Waals surface area (Å²) >= 11 is 0. The molecule has 0 N–H and O–H groups in total. The number of benzene rings is 1. The van der Waals surface area contributed by atoms with Gasteiger partial charge in [-0.2, -0.15) is 0 Å². The molecule has 1 aromatic carbocycles. The minimum absolute atomic E-state index is 0.284. The largest absolute Gasteiger partial charge is 0.494 e. The number of rotatable bonds is 3. The zero-order chi connectivity index (χ0) is 17.2. The fourth-order valence-electron chi connectivity index (χ4n) is 2.96. The molecule has 0 amide bonds. The van der Waals surface area contributed by atoms with Crippen molar-refractivity contribution in [1.82, 2.24) is 19.9 Å². The highest BCUT2D eigenvalue weighted by Crippen LogP contribution is 2.25. The maximum atomic E-state index is 13.6. The summed E-state index contributed by atoms with van der Waals surface area (Å²) in [6, 6.07) is 4.58. The molecule has 7 nitrogen and oxygen atoms in total. The molecule has 0 bridgehead atoms. The van der Waals surface area contributed by atoms with Crippen LogP contribution in [0.3, 0.4) is 0 Å². The summed E-state index contributed by atoms with van der Waals surface area (Å²) in [6.07, 6.45) is 4.85. The second-order valence-electron chi connectivity index (χ2n) is 5.76. The van der Waals surface area contributed by atoms with Gasteiger partial charge in [-0.05, 0) is 18.2 Å². The van der Waals surface area contributed by atoms with E-state index in [9.17, 15) is 4.39 Å². The van der Waals surface area contributed by atoms with Crippen LogP contribution in [0.1, 0.15) is 0 Å². The van der Waals surface area contributed by atoms with Gasteiger partial charge in [-0.25, -0.2) is 24.3 Å². The van der Waals surface area contributed by atoms with Crippen LogP contribution in [-0.2, 0) is 0 Å². The first kappa shape index (κ1) is 15.5. The monoisotopic (exact) mass is 340 g/mol. The van der Waals surface area contributed by atoms with E-state index in [1.807, 2.05) is 0 Å². The van der Waals surface area contributed by atoms with Gasteiger partial charge in [0, 0.05) is 31.6 Å². The molecule has 2 aromatic heterocycles. The van der Waals surface area contributed by atoms with Crippen LogP contribution in [-0.4, -0.2) is 53.2 Å². The van der Waals surface area contributed by atoms with E-state index >= 15 is 0 Å². The van der Waals surface area contributed by atoms with Crippen LogP contribution in [0, 0.1) is 5.82 Å². The Kier molecular flexibility index (Phi) is 4.01. The molecule has 0 unspecified atom stereocenters. The molecule has 3 heterocycles. The van der Waals surface area contributed by atoms with Gasteiger partial charge in [0.1, 0.15) is 18.0 Å². The van der Waals surface area contributed by atoms with Crippen LogP contribution in [0.4, 0.5) is 16.2 Å². The van der Waals surface area contributed by atoms with Gasteiger partial charge >= 0.3 is 0 Å². The van der Waals surface area contributed by atoms with Crippen molar-refractivity contribution in [3.63, 3.8) is 0 Å². The third kappa shape index (κ3) is 3.02. The second-order valence-corrected chi connectivity index (χ2v) is 5.76. The number of piperazine rings is 1. The summed E-state index contributed by atoms with van der Waals surface area (Å²) in [4.78, 5) is 21.5. The lowest BCUT2D eigenvalue weighted by Crippen LogP contribution is -2.47. The van der Waals surface area contributed by atoms with Crippen molar-refractivity contribution in [1.29, 1.82) is 0 Å². The summed E-state index contributed by atoms with van der Waals surface area (Å²) in [5.74, 6) is 1.80. The molecule has 1 aliphatic rings. The first-order valence-corrected chi connectivity index (χ1v) is 8.01. The molecule has 4 rings (SSSR count). The summed E-state index contributed by atoms with van der Waals surface area (Å²) in [5, 5.41) is 0.733. The van der Waals surface area contributed by atoms with Crippen LogP contribution in [0.25, 0.3) is 10.9 Å². The van der Waals surface area contributed by atoms with Gasteiger partial charge in [0.15, 0.2) is 5.75 Å². The molecule has 0 saturated carbocycles. The van der Waals surface area contributed by atoms with E-state index in [4.69, 9.17) is 4.74 Å². The maximum Gasteiger partial charge on any atom is 0.225 e. The van der Waals surface area contributed by atoms with Crippen molar-refractivity contribution >= 4 is 22.7 Å². The van der Waals surface area contributed by atoms with Crippen molar-refractivity contribution in [2.45, 2.75) is 0 Å². The van der Waals surface area contributed by atoms with E-state index in [-0.39, 0.29) is 5.82 Å². The molecular weight excluding hydrogens is 323 g/mol. The van der Waals surface area contributed by atoms with Crippen molar-refractivity contribution in [2.75, 3.05) is 43.1 Å². The molecule has 3 aromatic rings. The molecule has 8 heteroatoms. The molecule has 0 aliphatic carbocycles. The number of nitrogens with zero attached hydrogens (tertiary/aromatic N) is 6. The average Bonchev–Trinajstić information content (AvgIpc) is 2.68. The zero-order valence-corrected chi connectivity index (χ0v) is 13.8. The average molecular weight is 340 g/mol. The van der Waals surface area contributed by atoms with Crippen molar-refractivity contribution in [3.8, 4) is 5.75 Å². The fraction of sp³-hybridized carbons (Fsp3) is 0.294. The number of fused-ring (bicyclic) bond motifs is 1. The number of hydrogen-bond acceptors (Lipinski definition) is 7. The zero-order valence-electron chi connectivity index (χ0n) is 13.8. The predicted octanol–water partition coefficient (Wildman–Crippen LogP) is 1.89.